The van der Waals surface area contributed by atoms with Crippen molar-refractivity contribution in [2.24, 2.45) is 5.41 Å². The van der Waals surface area contributed by atoms with E-state index in [9.17, 15) is 0 Å². The lowest BCUT2D eigenvalue weighted by Gasteiger charge is -2.53. The molecule has 0 N–H and O–H groups in total. The summed E-state index contributed by atoms with van der Waals surface area (Å²) >= 11 is 0. The maximum atomic E-state index is 5.57. The molecule has 0 aromatic carbocycles. The highest BCUT2D eigenvalue weighted by Crippen LogP contribution is 2.44. The maximum Gasteiger partial charge on any atom is 0.280 e. The molecular weight excluding hydrogens is 396 g/mol. The molecular formula is C21H34O9. The van der Waals surface area contributed by atoms with Crippen molar-refractivity contribution in [2.75, 3.05) is 33.0 Å². The highest BCUT2D eigenvalue weighted by atomic mass is 16.9. The molecule has 0 spiro atoms. The number of ether oxygens (including phenoxy) is 9. The number of hydrogen-bond acceptors (Lipinski definition) is 9. The summed E-state index contributed by atoms with van der Waals surface area (Å²) in [6.45, 7) is 13.1. The molecule has 0 amide bonds. The summed E-state index contributed by atoms with van der Waals surface area (Å²) < 4.78 is 48.5. The minimum Gasteiger partial charge on any atom is -0.327 e. The average molecular weight is 430 g/mol. The van der Waals surface area contributed by atoms with E-state index in [2.05, 4.69) is 6.92 Å². The summed E-state index contributed by atoms with van der Waals surface area (Å²) in [5, 5.41) is 0. The minimum absolute atomic E-state index is 0.0950. The third-order valence-electron chi connectivity index (χ3n) is 6.48. The van der Waals surface area contributed by atoms with E-state index < -0.39 is 17.9 Å². The van der Waals surface area contributed by atoms with Gasteiger partial charge in [-0.15, -0.1) is 0 Å². The summed E-state index contributed by atoms with van der Waals surface area (Å²) in [7, 11) is 0. The smallest absolute Gasteiger partial charge is 0.280 e. The van der Waals surface area contributed by atoms with Gasteiger partial charge in [-0.3, -0.25) is 0 Å². The van der Waals surface area contributed by atoms with Gasteiger partial charge < -0.3 is 42.6 Å². The van der Waals surface area contributed by atoms with Crippen molar-refractivity contribution in [3.05, 3.63) is 0 Å². The second kappa shape index (κ2) is 7.07. The lowest BCUT2D eigenvalue weighted by Crippen LogP contribution is -2.60. The van der Waals surface area contributed by atoms with Crippen LogP contribution in [0.25, 0.3) is 0 Å². The van der Waals surface area contributed by atoms with Crippen LogP contribution in [-0.2, 0) is 42.6 Å². The monoisotopic (exact) mass is 430 g/mol. The van der Waals surface area contributed by atoms with Crippen LogP contribution >= 0.6 is 0 Å². The largest absolute Gasteiger partial charge is 0.327 e. The average Bonchev–Trinajstić information content (AvgIpc) is 3.13. The standard InChI is InChI=1S/C8H12O3.C7H12O3.C6H10O3/c1-8-9-5-2-6(10-8)4-7(3-5)11-8;1-6-3-8-7(2,9-4-6)10-5-6;1-5-3-7-6(2,9-5)8-4-5/h5-7H,2-4H2,1H3;3-5H2,1-2H3;3-4H2,1-2H3. The van der Waals surface area contributed by atoms with E-state index in [0.717, 1.165) is 39.1 Å². The Bertz CT molecular complexity index is 563. The third kappa shape index (κ3) is 4.29. The van der Waals surface area contributed by atoms with E-state index in [1.54, 1.807) is 6.92 Å². The Morgan fingerprint density at radius 3 is 1.13 bits per heavy atom. The summed E-state index contributed by atoms with van der Waals surface area (Å²) in [5.41, 5.74) is -0.0769. The Hall–Kier alpha value is -0.360. The fraction of sp³-hybridized carbons (Fsp3) is 1.00. The van der Waals surface area contributed by atoms with Crippen LogP contribution in [-0.4, -0.2) is 74.9 Å². The molecule has 8 heterocycles. The number of rotatable bonds is 0. The van der Waals surface area contributed by atoms with Gasteiger partial charge >= 0.3 is 0 Å². The molecule has 1 saturated carbocycles. The molecule has 0 aromatic rings. The molecule has 0 aromatic heterocycles. The molecule has 30 heavy (non-hydrogen) atoms. The molecule has 9 fully saturated rings. The Morgan fingerprint density at radius 1 is 0.500 bits per heavy atom. The van der Waals surface area contributed by atoms with E-state index in [0.29, 0.717) is 31.5 Å². The normalized spacial score (nSPS) is 56.9. The maximum absolute atomic E-state index is 5.57. The number of hydrogen-bond donors (Lipinski definition) is 0. The summed E-state index contributed by atoms with van der Waals surface area (Å²) in [6, 6.07) is 0. The van der Waals surface area contributed by atoms with Crippen LogP contribution in [0.5, 0.6) is 0 Å². The van der Waals surface area contributed by atoms with Gasteiger partial charge in [-0.05, 0) is 6.92 Å². The summed E-state index contributed by atoms with van der Waals surface area (Å²) in [4.78, 5) is 0. The van der Waals surface area contributed by atoms with Crippen LogP contribution in [0.3, 0.4) is 0 Å². The van der Waals surface area contributed by atoms with E-state index in [1.165, 1.54) is 0 Å². The van der Waals surface area contributed by atoms with Gasteiger partial charge in [0.1, 0.15) is 5.60 Å². The second-order valence-electron chi connectivity index (χ2n) is 10.3. The number of fused-ring (bicyclic) bond motifs is 5. The molecule has 0 unspecified atom stereocenters. The van der Waals surface area contributed by atoms with E-state index in [1.807, 2.05) is 20.8 Å². The molecule has 8 bridgehead atoms. The summed E-state index contributed by atoms with van der Waals surface area (Å²) in [5.74, 6) is -2.17. The molecule has 8 saturated heterocycles. The fourth-order valence-electron chi connectivity index (χ4n) is 4.83. The lowest BCUT2D eigenvalue weighted by molar-refractivity contribution is -0.485. The van der Waals surface area contributed by atoms with E-state index in [-0.39, 0.29) is 11.0 Å². The van der Waals surface area contributed by atoms with Gasteiger partial charge in [-0.25, -0.2) is 0 Å². The highest BCUT2D eigenvalue weighted by molar-refractivity contribution is 4.90. The van der Waals surface area contributed by atoms with E-state index in [4.69, 9.17) is 42.6 Å². The fourth-order valence-corrected chi connectivity index (χ4v) is 4.83. The van der Waals surface area contributed by atoms with Crippen molar-refractivity contribution < 1.29 is 42.6 Å². The molecule has 0 atom stereocenters. The van der Waals surface area contributed by atoms with Crippen LogP contribution in [0.15, 0.2) is 0 Å². The molecule has 0 radical (unpaired) electrons. The molecule has 172 valence electrons. The van der Waals surface area contributed by atoms with Gasteiger partial charge in [0, 0.05) is 45.4 Å². The van der Waals surface area contributed by atoms with Gasteiger partial charge in [-0.2, -0.15) is 0 Å². The minimum atomic E-state index is -0.738. The predicted octanol–water partition coefficient (Wildman–Crippen LogP) is 2.27. The predicted molar refractivity (Wildman–Crippen MR) is 101 cm³/mol. The first-order chi connectivity index (χ1) is 14.0. The van der Waals surface area contributed by atoms with Crippen molar-refractivity contribution in [2.45, 2.75) is 95.7 Å². The molecule has 9 aliphatic rings. The molecule has 9 rings (SSSR count). The SMILES string of the molecule is CC12COC(C)(OC1)O2.CC12COC(C)(OC1)OC2.CC12OC3CC(CC(C3)O1)O2. The Balaban J connectivity index is 0.0000000969. The zero-order valence-corrected chi connectivity index (χ0v) is 18.6. The zero-order chi connectivity index (χ0) is 21.3. The van der Waals surface area contributed by atoms with Crippen molar-refractivity contribution >= 4 is 0 Å². The van der Waals surface area contributed by atoms with Gasteiger partial charge in [0.25, 0.3) is 17.9 Å². The Morgan fingerprint density at radius 2 is 0.900 bits per heavy atom. The Labute approximate surface area is 177 Å². The van der Waals surface area contributed by atoms with Crippen LogP contribution in [0.2, 0.25) is 0 Å². The van der Waals surface area contributed by atoms with Gasteiger partial charge in [0.15, 0.2) is 0 Å². The van der Waals surface area contributed by atoms with Gasteiger partial charge in [0.2, 0.25) is 0 Å². The summed E-state index contributed by atoms with van der Waals surface area (Å²) in [6.07, 6.45) is 4.38. The molecule has 9 nitrogen and oxygen atoms in total. The molecule has 9 heteroatoms. The first-order valence-electron chi connectivity index (χ1n) is 10.9. The molecule has 8 aliphatic heterocycles. The van der Waals surface area contributed by atoms with Crippen LogP contribution < -0.4 is 0 Å². The van der Waals surface area contributed by atoms with Crippen LogP contribution in [0, 0.1) is 5.41 Å². The van der Waals surface area contributed by atoms with Crippen molar-refractivity contribution in [3.8, 4) is 0 Å². The van der Waals surface area contributed by atoms with Gasteiger partial charge in [-0.1, -0.05) is 6.92 Å². The quantitative estimate of drug-likeness (QED) is 0.575. The Kier molecular flexibility index (Phi) is 5.06. The van der Waals surface area contributed by atoms with Crippen LogP contribution in [0.1, 0.15) is 53.9 Å². The third-order valence-corrected chi connectivity index (χ3v) is 6.48. The first-order valence-corrected chi connectivity index (χ1v) is 10.9. The zero-order valence-electron chi connectivity index (χ0n) is 18.6. The van der Waals surface area contributed by atoms with Crippen molar-refractivity contribution in [1.29, 1.82) is 0 Å². The lowest BCUT2D eigenvalue weighted by atomic mass is 9.89. The van der Waals surface area contributed by atoms with Crippen molar-refractivity contribution in [3.63, 3.8) is 0 Å². The van der Waals surface area contributed by atoms with E-state index >= 15 is 0 Å². The second-order valence-corrected chi connectivity index (χ2v) is 10.3. The first kappa shape index (κ1) is 21.5. The van der Waals surface area contributed by atoms with Gasteiger partial charge in [0.05, 0.1) is 51.3 Å². The van der Waals surface area contributed by atoms with Crippen LogP contribution in [0.4, 0.5) is 0 Å². The van der Waals surface area contributed by atoms with Crippen molar-refractivity contribution in [1.82, 2.24) is 0 Å². The topological polar surface area (TPSA) is 83.1 Å². The highest BCUT2D eigenvalue weighted by Gasteiger charge is 2.54. The molecule has 1 aliphatic carbocycles.